The second-order valence-electron chi connectivity index (χ2n) is 4.41. The van der Waals surface area contributed by atoms with E-state index in [0.29, 0.717) is 12.8 Å². The number of hydrogen-bond donors (Lipinski definition) is 0. The Hall–Kier alpha value is -1.20. The van der Waals surface area contributed by atoms with E-state index in [4.69, 9.17) is 0 Å². The van der Waals surface area contributed by atoms with E-state index in [9.17, 15) is 13.2 Å². The molecule has 0 radical (unpaired) electrons. The summed E-state index contributed by atoms with van der Waals surface area (Å²) in [5.41, 5.74) is 0. The number of carbonyl (C=O) groups excluding carboxylic acids is 1. The molecule has 0 fully saturated rings. The van der Waals surface area contributed by atoms with Crippen molar-refractivity contribution in [1.82, 2.24) is 0 Å². The predicted molar refractivity (Wildman–Crippen MR) is 79.7 cm³/mol. The van der Waals surface area contributed by atoms with Crippen LogP contribution in [-0.4, -0.2) is 25.7 Å². The van der Waals surface area contributed by atoms with Crippen LogP contribution in [0.1, 0.15) is 29.4 Å². The number of hydrogen-bond acceptors (Lipinski definition) is 4. The van der Waals surface area contributed by atoms with Gasteiger partial charge in [-0.3, -0.25) is 4.79 Å². The van der Waals surface area contributed by atoms with E-state index in [2.05, 4.69) is 0 Å². The van der Waals surface area contributed by atoms with Gasteiger partial charge in [0.2, 0.25) is 0 Å². The molecule has 5 heteroatoms. The Balaban J connectivity index is 2.00. The maximum Gasteiger partial charge on any atom is 0.172 e. The highest BCUT2D eigenvalue weighted by Crippen LogP contribution is 2.26. The normalized spacial score (nSPS) is 11.8. The van der Waals surface area contributed by atoms with Gasteiger partial charge in [0.25, 0.3) is 0 Å². The van der Waals surface area contributed by atoms with E-state index in [1.54, 1.807) is 6.92 Å². The van der Waals surface area contributed by atoms with Gasteiger partial charge in [0.15, 0.2) is 5.78 Å². The smallest absolute Gasteiger partial charge is 0.172 e. The Kier molecular flexibility index (Phi) is 4.37. The molecule has 2 aromatic rings. The molecule has 0 atom stereocenters. The number of ketones is 1. The molecule has 0 amide bonds. The molecule has 0 saturated carbocycles. The van der Waals surface area contributed by atoms with Gasteiger partial charge < -0.3 is 0 Å². The van der Waals surface area contributed by atoms with Crippen LogP contribution in [-0.2, 0) is 9.84 Å². The van der Waals surface area contributed by atoms with Crippen LogP contribution >= 0.6 is 11.3 Å². The topological polar surface area (TPSA) is 51.2 Å². The number of rotatable bonds is 6. The lowest BCUT2D eigenvalue weighted by molar-refractivity contribution is 0.0986. The van der Waals surface area contributed by atoms with E-state index in [1.807, 2.05) is 30.3 Å². The first-order chi connectivity index (χ1) is 9.02. The Morgan fingerprint density at radius 2 is 2.00 bits per heavy atom. The molecule has 102 valence electrons. The summed E-state index contributed by atoms with van der Waals surface area (Å²) in [4.78, 5) is 12.7. The Morgan fingerprint density at radius 1 is 1.26 bits per heavy atom. The first-order valence-electron chi connectivity index (χ1n) is 6.24. The van der Waals surface area contributed by atoms with Gasteiger partial charge in [0, 0.05) is 16.9 Å². The van der Waals surface area contributed by atoms with Crippen LogP contribution in [0.15, 0.2) is 30.3 Å². The summed E-state index contributed by atoms with van der Waals surface area (Å²) in [6, 6.07) is 9.73. The minimum atomic E-state index is -2.97. The molecule has 2 rings (SSSR count). The Bertz CT molecular complexity index is 651. The van der Waals surface area contributed by atoms with Gasteiger partial charge >= 0.3 is 0 Å². The zero-order valence-electron chi connectivity index (χ0n) is 10.8. The molecule has 1 aromatic heterocycles. The van der Waals surface area contributed by atoms with Crippen molar-refractivity contribution < 1.29 is 13.2 Å². The molecule has 0 bridgehead atoms. The number of Topliss-reactive ketones (excluding diaryl/α,β-unsaturated/α-hetero) is 1. The number of fused-ring (bicyclic) bond motifs is 1. The summed E-state index contributed by atoms with van der Waals surface area (Å²) in [6.45, 7) is 1.63. The quantitative estimate of drug-likeness (QED) is 0.769. The summed E-state index contributed by atoms with van der Waals surface area (Å²) < 4.78 is 23.8. The second-order valence-corrected chi connectivity index (χ2v) is 7.97. The molecule has 0 aliphatic heterocycles. The molecule has 3 nitrogen and oxygen atoms in total. The van der Waals surface area contributed by atoms with Crippen molar-refractivity contribution in [2.45, 2.75) is 19.8 Å². The highest BCUT2D eigenvalue weighted by Gasteiger charge is 2.12. The summed E-state index contributed by atoms with van der Waals surface area (Å²) in [6.07, 6.45) is 0.704. The maximum atomic E-state index is 12.0. The molecular weight excluding hydrogens is 280 g/mol. The fourth-order valence-corrected chi connectivity index (χ4v) is 3.74. The fraction of sp³-hybridized carbons (Fsp3) is 0.357. The zero-order valence-corrected chi connectivity index (χ0v) is 12.4. The van der Waals surface area contributed by atoms with Crippen LogP contribution in [0, 0.1) is 0 Å². The average Bonchev–Trinajstić information content (AvgIpc) is 2.82. The number of carbonyl (C=O) groups is 1. The standard InChI is InChI=1S/C14H16O3S2/c1-2-19(16,17)9-5-7-12(15)14-10-11-6-3-4-8-13(11)18-14/h3-4,6,8,10H,2,5,7,9H2,1H3. The molecule has 0 unspecified atom stereocenters. The maximum absolute atomic E-state index is 12.0. The van der Waals surface area contributed by atoms with E-state index in [0.717, 1.165) is 15.0 Å². The van der Waals surface area contributed by atoms with Crippen molar-refractivity contribution >= 4 is 37.0 Å². The third-order valence-corrected chi connectivity index (χ3v) is 5.95. The number of sulfone groups is 1. The molecule has 0 aliphatic carbocycles. The third-order valence-electron chi connectivity index (χ3n) is 3.00. The number of benzene rings is 1. The van der Waals surface area contributed by atoms with Crippen LogP contribution in [0.25, 0.3) is 10.1 Å². The van der Waals surface area contributed by atoms with Crippen molar-refractivity contribution in [2.75, 3.05) is 11.5 Å². The highest BCUT2D eigenvalue weighted by atomic mass is 32.2. The first-order valence-corrected chi connectivity index (χ1v) is 8.88. The van der Waals surface area contributed by atoms with Gasteiger partial charge in [-0.15, -0.1) is 11.3 Å². The molecular formula is C14H16O3S2. The lowest BCUT2D eigenvalue weighted by Gasteiger charge is -1.99. The number of thiophene rings is 1. The van der Waals surface area contributed by atoms with Gasteiger partial charge in [0.1, 0.15) is 9.84 Å². The Labute approximate surface area is 117 Å². The van der Waals surface area contributed by atoms with E-state index in [-0.39, 0.29) is 17.3 Å². The zero-order chi connectivity index (χ0) is 13.9. The second kappa shape index (κ2) is 5.84. The van der Waals surface area contributed by atoms with E-state index >= 15 is 0 Å². The van der Waals surface area contributed by atoms with Gasteiger partial charge in [-0.25, -0.2) is 8.42 Å². The SMILES string of the molecule is CCS(=O)(=O)CCCC(=O)c1cc2ccccc2s1. The molecule has 1 aromatic carbocycles. The lowest BCUT2D eigenvalue weighted by atomic mass is 10.2. The van der Waals surface area contributed by atoms with Crippen molar-refractivity contribution in [3.05, 3.63) is 35.2 Å². The van der Waals surface area contributed by atoms with Crippen LogP contribution < -0.4 is 0 Å². The summed E-state index contributed by atoms with van der Waals surface area (Å²) in [5, 5.41) is 1.07. The summed E-state index contributed by atoms with van der Waals surface area (Å²) in [7, 11) is -2.97. The van der Waals surface area contributed by atoms with Crippen molar-refractivity contribution in [3.8, 4) is 0 Å². The van der Waals surface area contributed by atoms with E-state index in [1.165, 1.54) is 11.3 Å². The molecule has 0 saturated heterocycles. The van der Waals surface area contributed by atoms with Gasteiger partial charge in [0.05, 0.1) is 10.6 Å². The van der Waals surface area contributed by atoms with Crippen molar-refractivity contribution in [2.24, 2.45) is 0 Å². The summed E-state index contributed by atoms with van der Waals surface area (Å²) in [5.74, 6) is 0.275. The monoisotopic (exact) mass is 296 g/mol. The van der Waals surface area contributed by atoms with Crippen LogP contribution in [0.5, 0.6) is 0 Å². The van der Waals surface area contributed by atoms with Gasteiger partial charge in [-0.2, -0.15) is 0 Å². The van der Waals surface area contributed by atoms with Gasteiger partial charge in [-0.1, -0.05) is 25.1 Å². The summed E-state index contributed by atoms with van der Waals surface area (Å²) >= 11 is 1.47. The van der Waals surface area contributed by atoms with Gasteiger partial charge in [-0.05, 0) is 23.9 Å². The van der Waals surface area contributed by atoms with Crippen LogP contribution in [0.2, 0.25) is 0 Å². The molecule has 19 heavy (non-hydrogen) atoms. The van der Waals surface area contributed by atoms with Crippen LogP contribution in [0.4, 0.5) is 0 Å². The largest absolute Gasteiger partial charge is 0.293 e. The minimum Gasteiger partial charge on any atom is -0.293 e. The van der Waals surface area contributed by atoms with Crippen molar-refractivity contribution in [3.63, 3.8) is 0 Å². The fourth-order valence-electron chi connectivity index (χ4n) is 1.84. The molecule has 1 heterocycles. The minimum absolute atomic E-state index is 0.0347. The van der Waals surface area contributed by atoms with E-state index < -0.39 is 9.84 Å². The molecule has 0 spiro atoms. The van der Waals surface area contributed by atoms with Crippen molar-refractivity contribution in [1.29, 1.82) is 0 Å². The van der Waals surface area contributed by atoms with Crippen LogP contribution in [0.3, 0.4) is 0 Å². The molecule has 0 aliphatic rings. The first kappa shape index (κ1) is 14.2. The highest BCUT2D eigenvalue weighted by molar-refractivity contribution is 7.91. The third kappa shape index (κ3) is 3.64. The Morgan fingerprint density at radius 3 is 2.68 bits per heavy atom. The molecule has 0 N–H and O–H groups in total. The lowest BCUT2D eigenvalue weighted by Crippen LogP contribution is -2.10. The average molecular weight is 296 g/mol. The predicted octanol–water partition coefficient (Wildman–Crippen LogP) is 3.30.